The summed E-state index contributed by atoms with van der Waals surface area (Å²) in [5, 5.41) is 0. The van der Waals surface area contributed by atoms with E-state index in [4.69, 9.17) is 28.4 Å². The minimum absolute atomic E-state index is 0.0113. The highest BCUT2D eigenvalue weighted by Gasteiger charge is 2.62. The summed E-state index contributed by atoms with van der Waals surface area (Å²) in [6.45, 7) is 15.6. The minimum Gasteiger partial charge on any atom is -0.463 e. The Morgan fingerprint density at radius 1 is 0.927 bits per heavy atom. The Hall–Kier alpha value is -1.48. The monoisotopic (exact) mass is 574 g/mol. The largest absolute Gasteiger partial charge is 0.463 e. The van der Waals surface area contributed by atoms with E-state index in [1.54, 1.807) is 0 Å². The van der Waals surface area contributed by atoms with Crippen LogP contribution >= 0.6 is 0 Å². The first-order valence-corrected chi connectivity index (χ1v) is 16.1. The average Bonchev–Trinajstić information content (AvgIpc) is 3.80. The second-order valence-corrected chi connectivity index (χ2v) is 14.5. The number of esters is 2. The summed E-state index contributed by atoms with van der Waals surface area (Å²) in [4.78, 5) is 27.7. The van der Waals surface area contributed by atoms with Gasteiger partial charge in [-0.1, -0.05) is 59.1 Å². The van der Waals surface area contributed by atoms with Crippen molar-refractivity contribution < 1.29 is 38.0 Å². The molecule has 2 bridgehead atoms. The molecule has 41 heavy (non-hydrogen) atoms. The fourth-order valence-corrected chi connectivity index (χ4v) is 9.22. The van der Waals surface area contributed by atoms with Crippen molar-refractivity contribution in [2.75, 3.05) is 46.2 Å². The number of fused-ring (bicyclic) bond motifs is 2. The minimum atomic E-state index is -0.543. The SMILES string of the molecule is CCC1C(C)(COCC2CO2)CCCC1(C)C1CC2C(C(C)C)=CC1C(C(=O)OCC1CO1)C2C(=O)OCC1CO1. The molecule has 0 N–H and O–H groups in total. The van der Waals surface area contributed by atoms with E-state index in [2.05, 4.69) is 40.7 Å². The highest BCUT2D eigenvalue weighted by Crippen LogP contribution is 2.65. The first-order chi connectivity index (χ1) is 19.6. The Balaban J connectivity index is 1.30. The molecule has 0 amide bonds. The van der Waals surface area contributed by atoms with Crippen molar-refractivity contribution >= 4 is 11.9 Å². The van der Waals surface area contributed by atoms with Crippen LogP contribution in [-0.4, -0.2) is 76.5 Å². The standard InChI is InChI=1S/C33H50O8/c1-6-27-32(4,18-36-12-20-13-37-20)8-7-9-33(27,5)26-11-24-23(19(2)3)10-25(26)29(31(35)41-17-22-15-39-22)28(24)30(34)40-16-21-14-38-21/h10,19-22,24-29H,6-9,11-18H2,1-5H3. The molecule has 11 atom stereocenters. The van der Waals surface area contributed by atoms with Gasteiger partial charge in [-0.2, -0.15) is 0 Å². The van der Waals surface area contributed by atoms with Crippen LogP contribution in [0.1, 0.15) is 66.7 Å². The molecule has 4 aliphatic carbocycles. The smallest absolute Gasteiger partial charge is 0.310 e. The Morgan fingerprint density at radius 2 is 1.51 bits per heavy atom. The first kappa shape index (κ1) is 29.6. The van der Waals surface area contributed by atoms with Crippen LogP contribution in [0.4, 0.5) is 0 Å². The lowest BCUT2D eigenvalue weighted by molar-refractivity contribution is -0.179. The van der Waals surface area contributed by atoms with E-state index >= 15 is 0 Å². The lowest BCUT2D eigenvalue weighted by Gasteiger charge is -2.61. The maximum atomic E-state index is 13.9. The van der Waals surface area contributed by atoms with Crippen molar-refractivity contribution in [1.29, 1.82) is 0 Å². The molecule has 5 fully saturated rings. The molecule has 8 nitrogen and oxygen atoms in total. The predicted octanol–water partition coefficient (Wildman–Crippen LogP) is 4.59. The summed E-state index contributed by atoms with van der Waals surface area (Å²) in [6.07, 6.45) is 7.99. The van der Waals surface area contributed by atoms with Crippen molar-refractivity contribution in [1.82, 2.24) is 0 Å². The van der Waals surface area contributed by atoms with Gasteiger partial charge in [-0.25, -0.2) is 0 Å². The molecular weight excluding hydrogens is 524 g/mol. The topological polar surface area (TPSA) is 99.4 Å². The third-order valence-electron chi connectivity index (χ3n) is 11.4. The van der Waals surface area contributed by atoms with Crippen LogP contribution in [0.2, 0.25) is 0 Å². The zero-order chi connectivity index (χ0) is 28.9. The van der Waals surface area contributed by atoms with Crippen LogP contribution in [0.5, 0.6) is 0 Å². The van der Waals surface area contributed by atoms with E-state index in [0.717, 1.165) is 45.3 Å². The normalized spacial score (nSPS) is 44.3. The maximum Gasteiger partial charge on any atom is 0.310 e. The van der Waals surface area contributed by atoms with E-state index in [1.807, 2.05) is 0 Å². The number of hydrogen-bond donors (Lipinski definition) is 0. The van der Waals surface area contributed by atoms with Crippen LogP contribution in [0.15, 0.2) is 11.6 Å². The molecule has 3 saturated heterocycles. The summed E-state index contributed by atoms with van der Waals surface area (Å²) in [5.41, 5.74) is 1.37. The van der Waals surface area contributed by atoms with Crippen molar-refractivity contribution in [3.05, 3.63) is 11.6 Å². The van der Waals surface area contributed by atoms with Crippen molar-refractivity contribution in [3.8, 4) is 0 Å². The number of carbonyl (C=O) groups is 2. The van der Waals surface area contributed by atoms with Gasteiger partial charge < -0.3 is 28.4 Å². The molecule has 3 heterocycles. The molecule has 0 aromatic carbocycles. The van der Waals surface area contributed by atoms with Gasteiger partial charge in [-0.15, -0.1) is 0 Å². The Kier molecular flexibility index (Phi) is 8.33. The van der Waals surface area contributed by atoms with Crippen LogP contribution in [0.25, 0.3) is 0 Å². The second-order valence-electron chi connectivity index (χ2n) is 14.5. The highest BCUT2D eigenvalue weighted by molar-refractivity contribution is 5.84. The zero-order valence-electron chi connectivity index (χ0n) is 25.6. The molecule has 7 aliphatic rings. The lowest BCUT2D eigenvalue weighted by Crippen LogP contribution is -2.59. The fraction of sp³-hybridized carbons (Fsp3) is 0.879. The summed E-state index contributed by atoms with van der Waals surface area (Å²) in [6, 6.07) is 0. The van der Waals surface area contributed by atoms with E-state index in [0.29, 0.717) is 31.7 Å². The van der Waals surface area contributed by atoms with Crippen LogP contribution in [-0.2, 0) is 38.0 Å². The van der Waals surface area contributed by atoms with Gasteiger partial charge >= 0.3 is 11.9 Å². The van der Waals surface area contributed by atoms with E-state index in [-0.39, 0.29) is 72.0 Å². The quantitative estimate of drug-likeness (QED) is 0.179. The Labute approximate surface area is 245 Å². The summed E-state index contributed by atoms with van der Waals surface area (Å²) in [5.74, 6) is -0.691. The molecule has 230 valence electrons. The molecule has 0 radical (unpaired) electrons. The molecule has 11 unspecified atom stereocenters. The number of carbonyl (C=O) groups excluding carboxylic acids is 2. The molecule has 0 aromatic rings. The molecule has 0 spiro atoms. The van der Waals surface area contributed by atoms with Crippen LogP contribution < -0.4 is 0 Å². The maximum absolute atomic E-state index is 13.9. The predicted molar refractivity (Wildman–Crippen MR) is 151 cm³/mol. The molecule has 8 heteroatoms. The van der Waals surface area contributed by atoms with Gasteiger partial charge in [-0.3, -0.25) is 9.59 Å². The summed E-state index contributed by atoms with van der Waals surface area (Å²) >= 11 is 0. The Morgan fingerprint density at radius 3 is 2.07 bits per heavy atom. The Bertz CT molecular complexity index is 1010. The number of ether oxygens (including phenoxy) is 6. The van der Waals surface area contributed by atoms with Crippen molar-refractivity contribution in [2.24, 2.45) is 52.3 Å². The van der Waals surface area contributed by atoms with E-state index in [1.165, 1.54) is 5.57 Å². The number of allylic oxidation sites excluding steroid dienone is 2. The van der Waals surface area contributed by atoms with Gasteiger partial charge in [0.15, 0.2) is 0 Å². The fourth-order valence-electron chi connectivity index (χ4n) is 9.22. The van der Waals surface area contributed by atoms with E-state index < -0.39 is 11.8 Å². The van der Waals surface area contributed by atoms with Crippen molar-refractivity contribution in [2.45, 2.75) is 85.0 Å². The molecule has 2 saturated carbocycles. The van der Waals surface area contributed by atoms with Gasteiger partial charge in [0.05, 0.1) is 44.9 Å². The van der Waals surface area contributed by atoms with E-state index in [9.17, 15) is 9.59 Å². The third-order valence-corrected chi connectivity index (χ3v) is 11.4. The number of hydrogen-bond acceptors (Lipinski definition) is 8. The zero-order valence-corrected chi connectivity index (χ0v) is 25.6. The number of rotatable bonds is 13. The van der Waals surface area contributed by atoms with Gasteiger partial charge in [0, 0.05) is 0 Å². The van der Waals surface area contributed by atoms with Gasteiger partial charge in [0.2, 0.25) is 0 Å². The molecule has 3 aliphatic heterocycles. The first-order valence-electron chi connectivity index (χ1n) is 16.1. The third kappa shape index (κ3) is 6.00. The average molecular weight is 575 g/mol. The lowest BCUT2D eigenvalue weighted by atomic mass is 9.43. The van der Waals surface area contributed by atoms with Gasteiger partial charge in [0.1, 0.15) is 31.5 Å². The summed E-state index contributed by atoms with van der Waals surface area (Å²) < 4.78 is 33.9. The van der Waals surface area contributed by atoms with Crippen molar-refractivity contribution in [3.63, 3.8) is 0 Å². The highest BCUT2D eigenvalue weighted by atomic mass is 16.6. The second kappa shape index (κ2) is 11.5. The van der Waals surface area contributed by atoms with Gasteiger partial charge in [-0.05, 0) is 59.7 Å². The molecule has 0 aromatic heterocycles. The molecular formula is C33H50O8. The number of epoxide rings is 3. The summed E-state index contributed by atoms with van der Waals surface area (Å²) in [7, 11) is 0. The molecule has 7 rings (SSSR count). The van der Waals surface area contributed by atoms with Gasteiger partial charge in [0.25, 0.3) is 0 Å². The van der Waals surface area contributed by atoms with Crippen LogP contribution in [0.3, 0.4) is 0 Å². The van der Waals surface area contributed by atoms with Crippen LogP contribution in [0, 0.1) is 52.3 Å².